The highest BCUT2D eigenvalue weighted by atomic mass is 19.1. The summed E-state index contributed by atoms with van der Waals surface area (Å²) in [6.45, 7) is 1.10. The largest absolute Gasteiger partial charge is 0.355 e. The van der Waals surface area contributed by atoms with Crippen LogP contribution in [0.1, 0.15) is 28.4 Å². The minimum Gasteiger partial charge on any atom is -0.355 e. The molecule has 2 N–H and O–H groups in total. The molecule has 11 nitrogen and oxygen atoms in total. The van der Waals surface area contributed by atoms with Crippen LogP contribution in [0.15, 0.2) is 82.4 Å². The first kappa shape index (κ1) is 30.3. The molecule has 1 saturated heterocycles. The second kappa shape index (κ2) is 12.6. The van der Waals surface area contributed by atoms with E-state index in [4.69, 9.17) is 5.73 Å². The Balaban J connectivity index is 1.51. The van der Waals surface area contributed by atoms with Gasteiger partial charge in [0.2, 0.25) is 5.91 Å². The first-order valence-electron chi connectivity index (χ1n) is 13.9. The molecule has 5 rings (SSSR count). The van der Waals surface area contributed by atoms with Gasteiger partial charge in [-0.2, -0.15) is 0 Å². The number of nitrogens with zero attached hydrogens (tertiary/aromatic N) is 5. The second-order valence-electron chi connectivity index (χ2n) is 10.6. The Bertz CT molecular complexity index is 1820. The van der Waals surface area contributed by atoms with Gasteiger partial charge in [-0.15, -0.1) is 0 Å². The topological polar surface area (TPSA) is 137 Å². The third kappa shape index (κ3) is 6.13. The van der Waals surface area contributed by atoms with E-state index in [1.807, 2.05) is 0 Å². The minimum absolute atomic E-state index is 0.0463. The maximum absolute atomic E-state index is 14.7. The molecule has 0 bridgehead atoms. The number of hydrogen-bond donors (Lipinski definition) is 1. The van der Waals surface area contributed by atoms with Gasteiger partial charge >= 0.3 is 5.69 Å². The average Bonchev–Trinajstić information content (AvgIpc) is 3.00. The molecule has 228 valence electrons. The van der Waals surface area contributed by atoms with E-state index in [2.05, 4.69) is 0 Å². The predicted molar refractivity (Wildman–Crippen MR) is 159 cm³/mol. The molecule has 1 aromatic heterocycles. The molecule has 0 saturated carbocycles. The number of rotatable bonds is 9. The third-order valence-corrected chi connectivity index (χ3v) is 7.77. The quantitative estimate of drug-likeness (QED) is 0.229. The number of non-ortho nitro benzene ring substituents is 1. The summed E-state index contributed by atoms with van der Waals surface area (Å²) >= 11 is 0. The number of benzene rings is 3. The summed E-state index contributed by atoms with van der Waals surface area (Å²) in [4.78, 5) is 54.6. The van der Waals surface area contributed by atoms with Crippen LogP contribution >= 0.6 is 0 Å². The number of piperazine rings is 1. The molecule has 13 heteroatoms. The number of nitro benzene ring substituents is 1. The summed E-state index contributed by atoms with van der Waals surface area (Å²) < 4.78 is 31.4. The van der Waals surface area contributed by atoms with Gasteiger partial charge in [-0.05, 0) is 30.2 Å². The highest BCUT2D eigenvalue weighted by Crippen LogP contribution is 2.22. The average molecular weight is 605 g/mol. The first-order chi connectivity index (χ1) is 21.0. The summed E-state index contributed by atoms with van der Waals surface area (Å²) in [5, 5.41) is 11.2. The molecule has 1 aliphatic rings. The van der Waals surface area contributed by atoms with E-state index in [1.54, 1.807) is 47.4 Å². The Labute approximate surface area is 250 Å². The van der Waals surface area contributed by atoms with Crippen molar-refractivity contribution >= 4 is 17.3 Å². The summed E-state index contributed by atoms with van der Waals surface area (Å²) in [5.74, 6) is -2.03. The molecule has 3 aromatic carbocycles. The van der Waals surface area contributed by atoms with Gasteiger partial charge in [0.15, 0.2) is 0 Å². The number of aromatic nitrogens is 2. The molecule has 0 unspecified atom stereocenters. The van der Waals surface area contributed by atoms with Crippen LogP contribution in [-0.2, 0) is 24.4 Å². The third-order valence-electron chi connectivity index (χ3n) is 7.77. The monoisotopic (exact) mass is 604 g/mol. The maximum atomic E-state index is 14.7. The van der Waals surface area contributed by atoms with Crippen LogP contribution in [0.5, 0.6) is 0 Å². The number of carbonyl (C=O) groups excluding carboxylic acids is 1. The lowest BCUT2D eigenvalue weighted by Crippen LogP contribution is -2.53. The van der Waals surface area contributed by atoms with E-state index in [0.717, 1.165) is 21.3 Å². The fraction of sp³-hybridized carbons (Fsp3) is 0.258. The molecule has 1 aliphatic heterocycles. The second-order valence-corrected chi connectivity index (χ2v) is 10.6. The van der Waals surface area contributed by atoms with Gasteiger partial charge in [0.25, 0.3) is 11.2 Å². The molecule has 0 spiro atoms. The van der Waals surface area contributed by atoms with Crippen LogP contribution in [0.25, 0.3) is 0 Å². The normalized spacial score (nSPS) is 14.1. The number of nitro groups is 1. The zero-order valence-electron chi connectivity index (χ0n) is 23.9. The highest BCUT2D eigenvalue weighted by Gasteiger charge is 2.30. The minimum atomic E-state index is -0.846. The van der Waals surface area contributed by atoms with Gasteiger partial charge in [0.1, 0.15) is 17.3 Å². The summed E-state index contributed by atoms with van der Waals surface area (Å²) in [5.41, 5.74) is 5.92. The van der Waals surface area contributed by atoms with Crippen LogP contribution in [-0.4, -0.2) is 44.5 Å². The predicted octanol–water partition coefficient (Wildman–Crippen LogP) is 3.10. The zero-order valence-corrected chi connectivity index (χ0v) is 23.9. The molecule has 1 amide bonds. The van der Waals surface area contributed by atoms with Crippen LogP contribution in [0.4, 0.5) is 20.2 Å². The molecule has 44 heavy (non-hydrogen) atoms. The zero-order chi connectivity index (χ0) is 31.5. The van der Waals surface area contributed by atoms with E-state index in [-0.39, 0.29) is 61.3 Å². The van der Waals surface area contributed by atoms with Crippen LogP contribution in [0.2, 0.25) is 0 Å². The van der Waals surface area contributed by atoms with Gasteiger partial charge in [-0.3, -0.25) is 28.8 Å². The van der Waals surface area contributed by atoms with Gasteiger partial charge in [-0.1, -0.05) is 48.5 Å². The van der Waals surface area contributed by atoms with Crippen molar-refractivity contribution in [2.75, 3.05) is 24.5 Å². The van der Waals surface area contributed by atoms with Crippen LogP contribution in [0, 0.1) is 28.7 Å². The van der Waals surface area contributed by atoms with E-state index in [9.17, 15) is 33.3 Å². The SMILES string of the molecule is Cc1c(N2CCN(Cc3cccc([N+](=O)[O-])c3)C(=O)C2)c(=O)n(C[C@H](N)c2ccccc2)c(=O)n1Cc1c(F)cccc1F. The van der Waals surface area contributed by atoms with Crippen molar-refractivity contribution in [3.05, 3.63) is 138 Å². The van der Waals surface area contributed by atoms with Crippen molar-refractivity contribution in [3.63, 3.8) is 0 Å². The van der Waals surface area contributed by atoms with Crippen LogP contribution in [0.3, 0.4) is 0 Å². The fourth-order valence-electron chi connectivity index (χ4n) is 5.40. The van der Waals surface area contributed by atoms with Crippen molar-refractivity contribution in [1.29, 1.82) is 0 Å². The van der Waals surface area contributed by atoms with Crippen molar-refractivity contribution in [1.82, 2.24) is 14.0 Å². The van der Waals surface area contributed by atoms with E-state index >= 15 is 0 Å². The van der Waals surface area contributed by atoms with Gasteiger partial charge in [0, 0.05) is 49.1 Å². The van der Waals surface area contributed by atoms with Crippen molar-refractivity contribution < 1.29 is 18.5 Å². The lowest BCUT2D eigenvalue weighted by atomic mass is 10.1. The van der Waals surface area contributed by atoms with Crippen LogP contribution < -0.4 is 21.9 Å². The molecule has 4 aromatic rings. The Morgan fingerprint density at radius 1 is 0.909 bits per heavy atom. The lowest BCUT2D eigenvalue weighted by Gasteiger charge is -2.36. The molecule has 0 aliphatic carbocycles. The summed E-state index contributed by atoms with van der Waals surface area (Å²) in [6.07, 6.45) is 0. The maximum Gasteiger partial charge on any atom is 0.331 e. The Kier molecular flexibility index (Phi) is 8.67. The molecule has 1 fully saturated rings. The van der Waals surface area contributed by atoms with E-state index < -0.39 is 40.4 Å². The Hall–Kier alpha value is -5.17. The highest BCUT2D eigenvalue weighted by molar-refractivity contribution is 5.83. The number of amides is 1. The van der Waals surface area contributed by atoms with E-state index in [0.29, 0.717) is 11.1 Å². The van der Waals surface area contributed by atoms with Crippen molar-refractivity contribution in [3.8, 4) is 0 Å². The molecule has 1 atom stereocenters. The summed E-state index contributed by atoms with van der Waals surface area (Å²) in [6, 6.07) is 17.5. The summed E-state index contributed by atoms with van der Waals surface area (Å²) in [7, 11) is 0. The van der Waals surface area contributed by atoms with Gasteiger partial charge in [-0.25, -0.2) is 13.6 Å². The standard InChI is InChI=1S/C31H30F2N6O5/c1-20-29(36-14-13-35(28(40)19-36)16-21-7-5-10-23(15-21)39(43)44)30(41)38(18-27(34)22-8-3-2-4-9-22)31(42)37(20)17-24-25(32)11-6-12-26(24)33/h2-12,15,27H,13-14,16-19,34H2,1H3/t27-/m0/s1. The number of hydrogen-bond acceptors (Lipinski definition) is 7. The molecular formula is C31H30F2N6O5. The Morgan fingerprint density at radius 3 is 2.25 bits per heavy atom. The van der Waals surface area contributed by atoms with E-state index in [1.165, 1.54) is 30.0 Å². The first-order valence-corrected chi connectivity index (χ1v) is 13.9. The Morgan fingerprint density at radius 2 is 1.59 bits per heavy atom. The van der Waals surface area contributed by atoms with Gasteiger partial charge < -0.3 is 15.5 Å². The molecule has 2 heterocycles. The van der Waals surface area contributed by atoms with Crippen molar-refractivity contribution in [2.45, 2.75) is 32.6 Å². The molecular weight excluding hydrogens is 574 g/mol. The lowest BCUT2D eigenvalue weighted by molar-refractivity contribution is -0.384. The smallest absolute Gasteiger partial charge is 0.331 e. The number of halogens is 2. The number of carbonyl (C=O) groups is 1. The van der Waals surface area contributed by atoms with Crippen molar-refractivity contribution in [2.24, 2.45) is 5.73 Å². The molecule has 0 radical (unpaired) electrons. The number of nitrogens with two attached hydrogens (primary N) is 1. The van der Waals surface area contributed by atoms with Gasteiger partial charge in [0.05, 0.1) is 24.6 Å². The number of anilines is 1. The fourth-order valence-corrected chi connectivity index (χ4v) is 5.40.